The number of nitrogens with one attached hydrogen (secondary N) is 2. The van der Waals surface area contributed by atoms with Crippen molar-refractivity contribution in [1.82, 2.24) is 20.1 Å². The van der Waals surface area contributed by atoms with E-state index in [2.05, 4.69) is 20.1 Å². The molecule has 0 atom stereocenters. The molecule has 0 unspecified atom stereocenters. The molecule has 0 radical (unpaired) electrons. The lowest BCUT2D eigenvalue weighted by atomic mass is 10.1. The van der Waals surface area contributed by atoms with Gasteiger partial charge < -0.3 is 10.1 Å². The van der Waals surface area contributed by atoms with Gasteiger partial charge in [-0.25, -0.2) is 18.1 Å². The third kappa shape index (κ3) is 5.24. The van der Waals surface area contributed by atoms with E-state index in [1.54, 1.807) is 78.7 Å². The van der Waals surface area contributed by atoms with Gasteiger partial charge in [0.25, 0.3) is 15.9 Å². The first-order valence-corrected chi connectivity index (χ1v) is 11.8. The number of anilines is 1. The molecule has 0 saturated heterocycles. The number of ether oxygens (including phenoxy) is 1. The maximum Gasteiger partial charge on any atom is 0.262 e. The van der Waals surface area contributed by atoms with Crippen LogP contribution in [0.1, 0.15) is 21.5 Å². The van der Waals surface area contributed by atoms with Gasteiger partial charge >= 0.3 is 0 Å². The summed E-state index contributed by atoms with van der Waals surface area (Å²) in [4.78, 5) is 17.1. The largest absolute Gasteiger partial charge is 0.497 e. The zero-order chi connectivity index (χ0) is 24.1. The van der Waals surface area contributed by atoms with Crippen LogP contribution >= 0.6 is 0 Å². The van der Waals surface area contributed by atoms with Crippen LogP contribution in [0.25, 0.3) is 5.82 Å². The van der Waals surface area contributed by atoms with Gasteiger partial charge in [-0.3, -0.25) is 9.52 Å². The molecular formula is C24H23N5O4S. The number of hydrogen-bond donors (Lipinski definition) is 2. The number of rotatable bonds is 8. The molecule has 0 fully saturated rings. The van der Waals surface area contributed by atoms with Gasteiger partial charge in [-0.05, 0) is 72.6 Å². The molecule has 0 spiro atoms. The van der Waals surface area contributed by atoms with Crippen LogP contribution in [0.15, 0.2) is 84.1 Å². The van der Waals surface area contributed by atoms with Gasteiger partial charge in [-0.1, -0.05) is 6.07 Å². The molecule has 2 aromatic carbocycles. The fraction of sp³-hybridized carbons (Fsp3) is 0.125. The average molecular weight is 478 g/mol. The molecule has 2 aromatic heterocycles. The maximum atomic E-state index is 13.0. The fourth-order valence-corrected chi connectivity index (χ4v) is 4.61. The maximum absolute atomic E-state index is 13.0. The Morgan fingerprint density at radius 3 is 2.56 bits per heavy atom. The van der Waals surface area contributed by atoms with E-state index in [1.165, 1.54) is 13.2 Å². The molecular weight excluding hydrogens is 454 g/mol. The topological polar surface area (TPSA) is 115 Å². The molecule has 2 heterocycles. The Morgan fingerprint density at radius 1 is 1.06 bits per heavy atom. The summed E-state index contributed by atoms with van der Waals surface area (Å²) in [6, 6.07) is 16.5. The van der Waals surface area contributed by atoms with Crippen LogP contribution < -0.4 is 14.8 Å². The molecule has 0 saturated carbocycles. The van der Waals surface area contributed by atoms with Gasteiger partial charge in [0, 0.05) is 36.4 Å². The molecule has 34 heavy (non-hydrogen) atoms. The highest BCUT2D eigenvalue weighted by molar-refractivity contribution is 7.92. The Bertz CT molecular complexity index is 1400. The van der Waals surface area contributed by atoms with Crippen molar-refractivity contribution in [2.24, 2.45) is 0 Å². The predicted molar refractivity (Wildman–Crippen MR) is 128 cm³/mol. The van der Waals surface area contributed by atoms with Crippen molar-refractivity contribution >= 4 is 21.6 Å². The Labute approximate surface area is 197 Å². The summed E-state index contributed by atoms with van der Waals surface area (Å²) in [5.41, 5.74) is 1.98. The molecule has 1 amide bonds. The van der Waals surface area contributed by atoms with Crippen LogP contribution in [-0.2, 0) is 16.6 Å². The lowest BCUT2D eigenvalue weighted by Crippen LogP contribution is -2.24. The highest BCUT2D eigenvalue weighted by Gasteiger charge is 2.19. The van der Waals surface area contributed by atoms with E-state index in [0.717, 1.165) is 5.56 Å². The number of carbonyl (C=O) groups is 1. The summed E-state index contributed by atoms with van der Waals surface area (Å²) in [7, 11) is -2.37. The van der Waals surface area contributed by atoms with Gasteiger partial charge in [-0.2, -0.15) is 5.10 Å². The third-order valence-corrected chi connectivity index (χ3v) is 6.61. The van der Waals surface area contributed by atoms with E-state index in [0.29, 0.717) is 22.8 Å². The highest BCUT2D eigenvalue weighted by atomic mass is 32.2. The number of methoxy groups -OCH3 is 1. The summed E-state index contributed by atoms with van der Waals surface area (Å²) in [5.74, 6) is 0.854. The van der Waals surface area contributed by atoms with E-state index in [1.807, 2.05) is 6.07 Å². The fourth-order valence-electron chi connectivity index (χ4n) is 3.28. The number of benzene rings is 2. The van der Waals surface area contributed by atoms with E-state index < -0.39 is 15.9 Å². The van der Waals surface area contributed by atoms with Gasteiger partial charge in [0.05, 0.1) is 12.0 Å². The van der Waals surface area contributed by atoms with Crippen LogP contribution in [0.4, 0.5) is 5.69 Å². The van der Waals surface area contributed by atoms with Crippen molar-refractivity contribution in [2.75, 3.05) is 11.8 Å². The molecule has 2 N–H and O–H groups in total. The van der Waals surface area contributed by atoms with Crippen LogP contribution in [0.3, 0.4) is 0 Å². The van der Waals surface area contributed by atoms with Crippen molar-refractivity contribution in [3.63, 3.8) is 0 Å². The first kappa shape index (κ1) is 23.0. The second-order valence-corrected chi connectivity index (χ2v) is 9.12. The van der Waals surface area contributed by atoms with E-state index in [4.69, 9.17) is 4.74 Å². The van der Waals surface area contributed by atoms with Gasteiger partial charge in [0.15, 0.2) is 5.82 Å². The van der Waals surface area contributed by atoms with Crippen LogP contribution in [0.5, 0.6) is 5.75 Å². The van der Waals surface area contributed by atoms with Crippen molar-refractivity contribution in [2.45, 2.75) is 18.4 Å². The number of aromatic nitrogens is 3. The number of nitrogens with zero attached hydrogens (tertiary/aromatic N) is 3. The smallest absolute Gasteiger partial charge is 0.262 e. The average Bonchev–Trinajstić information content (AvgIpc) is 3.38. The minimum Gasteiger partial charge on any atom is -0.497 e. The van der Waals surface area contributed by atoms with E-state index in [9.17, 15) is 13.2 Å². The summed E-state index contributed by atoms with van der Waals surface area (Å²) >= 11 is 0. The van der Waals surface area contributed by atoms with Gasteiger partial charge in [-0.15, -0.1) is 0 Å². The summed E-state index contributed by atoms with van der Waals surface area (Å²) < 4.78 is 35.2. The Balaban J connectivity index is 1.48. The lowest BCUT2D eigenvalue weighted by molar-refractivity contribution is 0.0950. The lowest BCUT2D eigenvalue weighted by Gasteiger charge is -2.13. The molecule has 4 aromatic rings. The number of sulfonamides is 1. The first-order chi connectivity index (χ1) is 16.4. The van der Waals surface area contributed by atoms with E-state index >= 15 is 0 Å². The Kier molecular flexibility index (Phi) is 6.60. The van der Waals surface area contributed by atoms with Crippen LogP contribution in [0, 0.1) is 6.92 Å². The minimum atomic E-state index is -3.91. The minimum absolute atomic E-state index is 0.0286. The standard InChI is InChI=1S/C24H23N5O4S/c1-17-4-5-19(15-22(17)34(31,32)28-20-6-8-21(33-2)9-7-20)24(30)26-16-18-10-12-25-23(14-18)29-13-3-11-27-29/h3-15,28H,16H2,1-2H3,(H,26,30). The van der Waals surface area contributed by atoms with Crippen molar-refractivity contribution in [3.05, 3.63) is 95.9 Å². The molecule has 10 heteroatoms. The van der Waals surface area contributed by atoms with Crippen molar-refractivity contribution in [3.8, 4) is 11.6 Å². The molecule has 0 aliphatic rings. The summed E-state index contributed by atoms with van der Waals surface area (Å²) in [5, 5.41) is 6.97. The summed E-state index contributed by atoms with van der Waals surface area (Å²) in [6.45, 7) is 1.92. The van der Waals surface area contributed by atoms with Crippen molar-refractivity contribution < 1.29 is 17.9 Å². The highest BCUT2D eigenvalue weighted by Crippen LogP contribution is 2.22. The van der Waals surface area contributed by atoms with Gasteiger partial charge in [0.1, 0.15) is 5.75 Å². The van der Waals surface area contributed by atoms with Crippen molar-refractivity contribution in [1.29, 1.82) is 0 Å². The second-order valence-electron chi connectivity index (χ2n) is 7.47. The SMILES string of the molecule is COc1ccc(NS(=O)(=O)c2cc(C(=O)NCc3ccnc(-n4cccn4)c3)ccc2C)cc1. The summed E-state index contributed by atoms with van der Waals surface area (Å²) in [6.07, 6.45) is 5.07. The molecule has 0 aliphatic carbocycles. The molecule has 0 aliphatic heterocycles. The first-order valence-electron chi connectivity index (χ1n) is 10.4. The zero-order valence-electron chi connectivity index (χ0n) is 18.6. The Hall–Kier alpha value is -4.18. The zero-order valence-corrected chi connectivity index (χ0v) is 19.4. The predicted octanol–water partition coefficient (Wildman–Crippen LogP) is 3.32. The second kappa shape index (κ2) is 9.75. The molecule has 9 nitrogen and oxygen atoms in total. The number of aryl methyl sites for hydroxylation is 1. The van der Waals surface area contributed by atoms with Crippen LogP contribution in [0.2, 0.25) is 0 Å². The van der Waals surface area contributed by atoms with Gasteiger partial charge in [0.2, 0.25) is 0 Å². The number of carbonyl (C=O) groups excluding carboxylic acids is 1. The Morgan fingerprint density at radius 2 is 1.85 bits per heavy atom. The number of pyridine rings is 1. The van der Waals surface area contributed by atoms with Crippen LogP contribution in [-0.4, -0.2) is 36.2 Å². The number of amides is 1. The molecule has 0 bridgehead atoms. The molecule has 174 valence electrons. The monoisotopic (exact) mass is 477 g/mol. The number of hydrogen-bond acceptors (Lipinski definition) is 6. The molecule has 4 rings (SSSR count). The normalized spacial score (nSPS) is 11.1. The van der Waals surface area contributed by atoms with E-state index in [-0.39, 0.29) is 17.0 Å². The third-order valence-electron chi connectivity index (χ3n) is 5.08. The quantitative estimate of drug-likeness (QED) is 0.402.